The number of benzene rings is 8. The Bertz CT molecular complexity index is 3330. The van der Waals surface area contributed by atoms with Crippen LogP contribution in [0.15, 0.2) is 170 Å². The van der Waals surface area contributed by atoms with Crippen molar-refractivity contribution in [3.05, 3.63) is 192 Å². The van der Waals surface area contributed by atoms with Gasteiger partial charge in [0, 0.05) is 27.1 Å². The number of nitriles is 3. The molecule has 0 amide bonds. The van der Waals surface area contributed by atoms with Crippen LogP contribution in [0.3, 0.4) is 0 Å². The Morgan fingerprint density at radius 3 is 1.18 bits per heavy atom. The zero-order valence-corrected chi connectivity index (χ0v) is 31.5. The highest BCUT2D eigenvalue weighted by Gasteiger charge is 2.34. The summed E-state index contributed by atoms with van der Waals surface area (Å²) in [5.74, 6) is 0. The van der Waals surface area contributed by atoms with Crippen molar-refractivity contribution in [3.8, 4) is 63.0 Å². The van der Waals surface area contributed by atoms with Gasteiger partial charge in [-0.1, -0.05) is 97.1 Å². The Hall–Kier alpha value is -8.38. The Morgan fingerprint density at radius 1 is 0.367 bits per heavy atom. The maximum atomic E-state index is 15.5. The molecule has 5 nitrogen and oxygen atoms in total. The quantitative estimate of drug-likeness (QED) is 0.174. The maximum Gasteiger partial charge on any atom is 0.416 e. The van der Waals surface area contributed by atoms with E-state index in [1.165, 1.54) is 12.1 Å². The number of fused-ring (bicyclic) bond motifs is 6. The molecule has 10 aromatic rings. The van der Waals surface area contributed by atoms with Gasteiger partial charge in [0.2, 0.25) is 0 Å². The van der Waals surface area contributed by atoms with Gasteiger partial charge >= 0.3 is 6.18 Å². The predicted octanol–water partition coefficient (Wildman–Crippen LogP) is 13.5. The maximum absolute atomic E-state index is 15.5. The molecule has 0 atom stereocenters. The predicted molar refractivity (Wildman–Crippen MR) is 231 cm³/mol. The Balaban J connectivity index is 1.38. The second-order valence-electron chi connectivity index (χ2n) is 14.6. The molecule has 10 rings (SSSR count). The SMILES string of the molecule is N#Cc1cccc(-c2ccc3c4ccccc4n(-c4cc(C(F)(F)F)cc(-n5c6ccccc6c6ccc(-c7cccc(C#N)c7)cc65)c4-c4cccc(C#N)c4)c3c2)c1. The molecule has 0 radical (unpaired) electrons. The second-order valence-corrected chi connectivity index (χ2v) is 14.6. The molecule has 0 fully saturated rings. The van der Waals surface area contributed by atoms with Crippen molar-refractivity contribution < 1.29 is 13.2 Å². The van der Waals surface area contributed by atoms with Crippen LogP contribution in [0.1, 0.15) is 22.3 Å². The fourth-order valence-corrected chi connectivity index (χ4v) is 8.52. The van der Waals surface area contributed by atoms with Crippen LogP contribution in [-0.2, 0) is 6.18 Å². The summed E-state index contributed by atoms with van der Waals surface area (Å²) in [6.45, 7) is 0. The molecule has 0 bridgehead atoms. The second kappa shape index (κ2) is 13.9. The fraction of sp³-hybridized carbons (Fsp3) is 0.0192. The van der Waals surface area contributed by atoms with Crippen LogP contribution in [0, 0.1) is 34.0 Å². The first-order valence-corrected chi connectivity index (χ1v) is 19.1. The van der Waals surface area contributed by atoms with Crippen molar-refractivity contribution in [2.24, 2.45) is 0 Å². The number of hydrogen-bond acceptors (Lipinski definition) is 3. The Morgan fingerprint density at radius 2 is 0.750 bits per heavy atom. The van der Waals surface area contributed by atoms with Crippen molar-refractivity contribution in [2.45, 2.75) is 6.18 Å². The lowest BCUT2D eigenvalue weighted by molar-refractivity contribution is -0.137. The van der Waals surface area contributed by atoms with E-state index in [1.807, 2.05) is 124 Å². The summed E-state index contributed by atoms with van der Waals surface area (Å²) in [6.07, 6.45) is -4.75. The molecule has 2 heterocycles. The average molecular weight is 780 g/mol. The summed E-state index contributed by atoms with van der Waals surface area (Å²) in [4.78, 5) is 0. The molecule has 0 aliphatic carbocycles. The first-order valence-electron chi connectivity index (χ1n) is 19.1. The van der Waals surface area contributed by atoms with E-state index >= 15 is 13.2 Å². The summed E-state index contributed by atoms with van der Waals surface area (Å²) < 4.78 is 50.4. The molecule has 0 N–H and O–H groups in total. The molecule has 60 heavy (non-hydrogen) atoms. The standard InChI is InChI=1S/C52H28F3N5/c53-52(54,55)40-27-49(59-45-16-3-1-14-41(45)43-20-18-37(25-47(43)59)35-11-5-8-32(22-35)29-56)51(39-13-7-10-34(24-39)31-58)50(28-40)60-46-17-4-2-15-42(46)44-21-19-38(26-48(44)60)36-12-6-9-33(23-36)30-57/h1-28H. The molecular formula is C52H28F3N5. The first-order chi connectivity index (χ1) is 29.2. The molecule has 0 aliphatic rings. The van der Waals surface area contributed by atoms with E-state index in [9.17, 15) is 15.8 Å². The first kappa shape index (κ1) is 36.0. The van der Waals surface area contributed by atoms with E-state index in [-0.39, 0.29) is 11.4 Å². The highest BCUT2D eigenvalue weighted by atomic mass is 19.4. The number of aromatic nitrogens is 2. The van der Waals surface area contributed by atoms with Crippen molar-refractivity contribution in [1.82, 2.24) is 9.13 Å². The van der Waals surface area contributed by atoms with Gasteiger partial charge in [-0.25, -0.2) is 0 Å². The molecule has 0 saturated carbocycles. The third-order valence-corrected chi connectivity index (χ3v) is 11.2. The molecule has 8 aromatic carbocycles. The van der Waals surface area contributed by atoms with Crippen LogP contribution in [0.5, 0.6) is 0 Å². The topological polar surface area (TPSA) is 81.2 Å². The van der Waals surface area contributed by atoms with Crippen LogP contribution >= 0.6 is 0 Å². The van der Waals surface area contributed by atoms with Gasteiger partial charge in [0.1, 0.15) is 0 Å². The minimum Gasteiger partial charge on any atom is -0.309 e. The highest BCUT2D eigenvalue weighted by Crippen LogP contribution is 2.46. The van der Waals surface area contributed by atoms with Crippen molar-refractivity contribution in [2.75, 3.05) is 0 Å². The van der Waals surface area contributed by atoms with E-state index in [2.05, 4.69) is 18.2 Å². The van der Waals surface area contributed by atoms with Gasteiger partial charge in [-0.3, -0.25) is 0 Å². The number of nitrogens with zero attached hydrogens (tertiary/aromatic N) is 5. The van der Waals surface area contributed by atoms with Gasteiger partial charge in [0.15, 0.2) is 0 Å². The van der Waals surface area contributed by atoms with E-state index < -0.39 is 11.7 Å². The Labute approximate surface area is 341 Å². The fourth-order valence-electron chi connectivity index (χ4n) is 8.52. The van der Waals surface area contributed by atoms with Crippen LogP contribution < -0.4 is 0 Å². The molecule has 0 spiro atoms. The Kier molecular flexibility index (Phi) is 8.35. The molecule has 8 heteroatoms. The number of rotatable bonds is 5. The molecule has 0 saturated heterocycles. The average Bonchev–Trinajstić information content (AvgIpc) is 3.80. The molecule has 282 valence electrons. The monoisotopic (exact) mass is 779 g/mol. The molecule has 0 unspecified atom stereocenters. The molecule has 2 aromatic heterocycles. The largest absolute Gasteiger partial charge is 0.416 e. The van der Waals surface area contributed by atoms with Gasteiger partial charge in [-0.2, -0.15) is 29.0 Å². The lowest BCUT2D eigenvalue weighted by atomic mass is 9.96. The lowest BCUT2D eigenvalue weighted by Gasteiger charge is -2.23. The third kappa shape index (κ3) is 5.85. The number of alkyl halides is 3. The summed E-state index contributed by atoms with van der Waals surface area (Å²) >= 11 is 0. The lowest BCUT2D eigenvalue weighted by Crippen LogP contribution is -2.11. The van der Waals surface area contributed by atoms with Crippen molar-refractivity contribution in [1.29, 1.82) is 15.8 Å². The van der Waals surface area contributed by atoms with E-state index in [1.54, 1.807) is 42.5 Å². The van der Waals surface area contributed by atoms with E-state index in [0.29, 0.717) is 49.9 Å². The van der Waals surface area contributed by atoms with Gasteiger partial charge < -0.3 is 9.13 Å². The van der Waals surface area contributed by atoms with Gasteiger partial charge in [-0.15, -0.1) is 0 Å². The third-order valence-electron chi connectivity index (χ3n) is 11.2. The van der Waals surface area contributed by atoms with E-state index in [4.69, 9.17) is 0 Å². The van der Waals surface area contributed by atoms with Crippen molar-refractivity contribution >= 4 is 43.6 Å². The summed E-state index contributed by atoms with van der Waals surface area (Å²) in [5, 5.41) is 32.9. The summed E-state index contributed by atoms with van der Waals surface area (Å²) in [7, 11) is 0. The zero-order chi connectivity index (χ0) is 41.1. The molecular weight excluding hydrogens is 752 g/mol. The van der Waals surface area contributed by atoms with Gasteiger partial charge in [-0.05, 0) is 101 Å². The van der Waals surface area contributed by atoms with Crippen LogP contribution in [-0.4, -0.2) is 9.13 Å². The van der Waals surface area contributed by atoms with E-state index in [0.717, 1.165) is 43.8 Å². The normalized spacial score (nSPS) is 11.5. The van der Waals surface area contributed by atoms with Gasteiger partial charge in [0.25, 0.3) is 0 Å². The van der Waals surface area contributed by atoms with Gasteiger partial charge in [0.05, 0.1) is 73.9 Å². The van der Waals surface area contributed by atoms with Crippen molar-refractivity contribution in [3.63, 3.8) is 0 Å². The number of para-hydroxylation sites is 2. The summed E-state index contributed by atoms with van der Waals surface area (Å²) in [5.41, 5.74) is 7.96. The zero-order valence-electron chi connectivity index (χ0n) is 31.5. The number of hydrogen-bond donors (Lipinski definition) is 0. The minimum absolute atomic E-state index is 0.271. The highest BCUT2D eigenvalue weighted by molar-refractivity contribution is 6.13. The van der Waals surface area contributed by atoms with Crippen LogP contribution in [0.25, 0.3) is 88.4 Å². The van der Waals surface area contributed by atoms with Crippen LogP contribution in [0.2, 0.25) is 0 Å². The van der Waals surface area contributed by atoms with Crippen LogP contribution in [0.4, 0.5) is 13.2 Å². The smallest absolute Gasteiger partial charge is 0.309 e. The number of halogens is 3. The summed E-state index contributed by atoms with van der Waals surface area (Å²) in [6, 6.07) is 57.6. The minimum atomic E-state index is -4.75. The molecule has 0 aliphatic heterocycles.